The van der Waals surface area contributed by atoms with E-state index >= 15 is 0 Å². The lowest BCUT2D eigenvalue weighted by atomic mass is 9.90. The van der Waals surface area contributed by atoms with Gasteiger partial charge in [-0.15, -0.1) is 0 Å². The van der Waals surface area contributed by atoms with Gasteiger partial charge < -0.3 is 10.8 Å². The highest BCUT2D eigenvalue weighted by molar-refractivity contribution is 7.95. The van der Waals surface area contributed by atoms with Crippen LogP contribution in [-0.2, 0) is 22.0 Å². The van der Waals surface area contributed by atoms with Crippen LogP contribution >= 0.6 is 0 Å². The molecule has 0 heterocycles. The largest absolute Gasteiger partial charge is 0.386 e. The predicted molar refractivity (Wildman–Crippen MR) is 127 cm³/mol. The number of aliphatic hydroxyl groups is 1. The Kier molecular flexibility index (Phi) is 5.19. The molecule has 0 atom stereocenters. The number of fused-ring (bicyclic) bond motifs is 3. The van der Waals surface area contributed by atoms with Crippen molar-refractivity contribution in [3.8, 4) is 22.3 Å². The zero-order valence-corrected chi connectivity index (χ0v) is 18.7. The Bertz CT molecular complexity index is 1370. The van der Waals surface area contributed by atoms with Gasteiger partial charge in [-0.3, -0.25) is 9.52 Å². The summed E-state index contributed by atoms with van der Waals surface area (Å²) in [7, 11) is -3.64. The van der Waals surface area contributed by atoms with Crippen LogP contribution in [0.3, 0.4) is 0 Å². The van der Waals surface area contributed by atoms with E-state index in [9.17, 15) is 18.3 Å². The first-order valence-electron chi connectivity index (χ1n) is 10.1. The maximum atomic E-state index is 12.1. The molecule has 0 unspecified atom stereocenters. The molecule has 32 heavy (non-hydrogen) atoms. The number of rotatable bonds is 6. The number of carbonyl (C=O) groups is 1. The van der Waals surface area contributed by atoms with Gasteiger partial charge in [0, 0.05) is 16.7 Å². The molecule has 0 bridgehead atoms. The molecule has 6 nitrogen and oxygen atoms in total. The standard InChI is InChI=1S/C25H24N2O4S/c1-4-32(30,31)27-18-7-5-6-15(13-18)19-10-11-21(24(26)28)22-14-16-12-17(25(2,3)29)8-9-20(16)23(19)22/h4-13,27,29H,1,14H2,2-3H3,(H2,26,28). The molecule has 4 N–H and O–H groups in total. The first kappa shape index (κ1) is 21.8. The molecule has 1 aliphatic rings. The van der Waals surface area contributed by atoms with Crippen molar-refractivity contribution < 1.29 is 18.3 Å². The van der Waals surface area contributed by atoms with Gasteiger partial charge >= 0.3 is 0 Å². The number of nitrogens with two attached hydrogens (primary N) is 1. The lowest BCUT2D eigenvalue weighted by molar-refractivity contribution is 0.0785. The van der Waals surface area contributed by atoms with Crippen LogP contribution < -0.4 is 10.5 Å². The van der Waals surface area contributed by atoms with Gasteiger partial charge in [-0.25, -0.2) is 8.42 Å². The Morgan fingerprint density at radius 2 is 1.84 bits per heavy atom. The average Bonchev–Trinajstić information content (AvgIpc) is 3.11. The predicted octanol–water partition coefficient (Wildman–Crippen LogP) is 4.14. The summed E-state index contributed by atoms with van der Waals surface area (Å²) in [6.45, 7) is 6.78. The van der Waals surface area contributed by atoms with E-state index in [1.165, 1.54) is 0 Å². The minimum atomic E-state index is -3.64. The molecule has 0 spiro atoms. The molecule has 0 saturated carbocycles. The summed E-state index contributed by atoms with van der Waals surface area (Å²) in [5.74, 6) is -0.504. The van der Waals surface area contributed by atoms with Gasteiger partial charge in [0.2, 0.25) is 5.91 Å². The van der Waals surface area contributed by atoms with E-state index in [1.54, 1.807) is 38.1 Å². The van der Waals surface area contributed by atoms with Crippen LogP contribution in [0.2, 0.25) is 0 Å². The quantitative estimate of drug-likeness (QED) is 0.412. The number of hydrogen-bond donors (Lipinski definition) is 3. The third-order valence-corrected chi connectivity index (χ3v) is 6.64. The van der Waals surface area contributed by atoms with Crippen molar-refractivity contribution in [1.82, 2.24) is 0 Å². The van der Waals surface area contributed by atoms with E-state index < -0.39 is 21.5 Å². The fraction of sp³-hybridized carbons (Fsp3) is 0.160. The van der Waals surface area contributed by atoms with E-state index in [2.05, 4.69) is 11.3 Å². The molecular weight excluding hydrogens is 424 g/mol. The number of benzene rings is 3. The number of amides is 1. The normalized spacial score (nSPS) is 12.7. The van der Waals surface area contributed by atoms with Crippen molar-refractivity contribution in [3.63, 3.8) is 0 Å². The van der Waals surface area contributed by atoms with Crippen LogP contribution in [0.15, 0.2) is 66.6 Å². The van der Waals surface area contributed by atoms with Crippen LogP contribution in [0.1, 0.15) is 40.9 Å². The van der Waals surface area contributed by atoms with Gasteiger partial charge in [-0.05, 0) is 77.4 Å². The lowest BCUT2D eigenvalue weighted by Crippen LogP contribution is -2.15. The highest BCUT2D eigenvalue weighted by Crippen LogP contribution is 2.45. The van der Waals surface area contributed by atoms with Gasteiger partial charge in [-0.2, -0.15) is 0 Å². The average molecular weight is 449 g/mol. The Morgan fingerprint density at radius 3 is 2.50 bits per heavy atom. The summed E-state index contributed by atoms with van der Waals surface area (Å²) in [4.78, 5) is 12.1. The highest BCUT2D eigenvalue weighted by Gasteiger charge is 2.28. The van der Waals surface area contributed by atoms with Gasteiger partial charge in [-0.1, -0.05) is 43.0 Å². The Labute approximate surface area is 187 Å². The zero-order chi connectivity index (χ0) is 23.3. The van der Waals surface area contributed by atoms with Crippen molar-refractivity contribution in [1.29, 1.82) is 0 Å². The third kappa shape index (κ3) is 3.92. The van der Waals surface area contributed by atoms with Gasteiger partial charge in [0.05, 0.1) is 5.60 Å². The first-order chi connectivity index (χ1) is 15.0. The summed E-state index contributed by atoms with van der Waals surface area (Å²) in [6, 6.07) is 16.4. The molecule has 3 aromatic carbocycles. The molecule has 7 heteroatoms. The number of anilines is 1. The molecule has 4 rings (SSSR count). The maximum Gasteiger partial charge on any atom is 0.254 e. The molecule has 1 amide bonds. The van der Waals surface area contributed by atoms with Gasteiger partial charge in [0.25, 0.3) is 10.0 Å². The van der Waals surface area contributed by atoms with Crippen molar-refractivity contribution in [2.24, 2.45) is 5.73 Å². The third-order valence-electron chi connectivity index (χ3n) is 5.68. The van der Waals surface area contributed by atoms with E-state index in [0.29, 0.717) is 17.7 Å². The Hall–Kier alpha value is -3.42. The number of sulfonamides is 1. The first-order valence-corrected chi connectivity index (χ1v) is 11.6. The number of carbonyl (C=O) groups excluding carboxylic acids is 1. The molecular formula is C25H24N2O4S. The second-order valence-electron chi connectivity index (χ2n) is 8.38. The van der Waals surface area contributed by atoms with E-state index in [4.69, 9.17) is 5.73 Å². The monoisotopic (exact) mass is 448 g/mol. The summed E-state index contributed by atoms with van der Waals surface area (Å²) < 4.78 is 26.3. The number of primary amides is 1. The van der Waals surface area contributed by atoms with Crippen LogP contribution in [0.5, 0.6) is 0 Å². The molecule has 3 aromatic rings. The number of hydrogen-bond acceptors (Lipinski definition) is 4. The van der Waals surface area contributed by atoms with Crippen LogP contribution in [-0.4, -0.2) is 19.4 Å². The fourth-order valence-corrected chi connectivity index (χ4v) is 4.66. The Morgan fingerprint density at radius 1 is 1.12 bits per heavy atom. The maximum absolute atomic E-state index is 12.1. The highest BCUT2D eigenvalue weighted by atomic mass is 32.2. The van der Waals surface area contributed by atoms with E-state index in [0.717, 1.165) is 44.4 Å². The second-order valence-corrected chi connectivity index (χ2v) is 10.0. The molecule has 0 aliphatic heterocycles. The summed E-state index contributed by atoms with van der Waals surface area (Å²) >= 11 is 0. The SMILES string of the molecule is C=CS(=O)(=O)Nc1cccc(-c2ccc(C(N)=O)c3c2-c2ccc(C(C)(C)O)cc2C3)c1. The summed E-state index contributed by atoms with van der Waals surface area (Å²) in [5, 5.41) is 11.3. The van der Waals surface area contributed by atoms with Crippen molar-refractivity contribution in [2.45, 2.75) is 25.9 Å². The number of nitrogens with one attached hydrogen (secondary N) is 1. The van der Waals surface area contributed by atoms with Gasteiger partial charge in [0.1, 0.15) is 0 Å². The second kappa shape index (κ2) is 7.62. The molecule has 0 radical (unpaired) electrons. The molecule has 1 aliphatic carbocycles. The molecule has 0 saturated heterocycles. The van der Waals surface area contributed by atoms with Crippen molar-refractivity contribution in [3.05, 3.63) is 88.8 Å². The van der Waals surface area contributed by atoms with Crippen molar-refractivity contribution >= 4 is 21.6 Å². The lowest BCUT2D eigenvalue weighted by Gasteiger charge is -2.19. The van der Waals surface area contributed by atoms with E-state index in [1.807, 2.05) is 30.3 Å². The van der Waals surface area contributed by atoms with Gasteiger partial charge in [0.15, 0.2) is 0 Å². The van der Waals surface area contributed by atoms with E-state index in [-0.39, 0.29) is 0 Å². The smallest absolute Gasteiger partial charge is 0.254 e. The summed E-state index contributed by atoms with van der Waals surface area (Å²) in [5.41, 5.74) is 11.6. The van der Waals surface area contributed by atoms with Crippen LogP contribution in [0, 0.1) is 0 Å². The zero-order valence-electron chi connectivity index (χ0n) is 17.8. The van der Waals surface area contributed by atoms with Crippen LogP contribution in [0.25, 0.3) is 22.3 Å². The summed E-state index contributed by atoms with van der Waals surface area (Å²) in [6.07, 6.45) is 0.517. The minimum absolute atomic E-state index is 0.408. The molecule has 0 aromatic heterocycles. The fourth-order valence-electron chi connectivity index (χ4n) is 4.12. The molecule has 0 fully saturated rings. The topological polar surface area (TPSA) is 109 Å². The van der Waals surface area contributed by atoms with Crippen LogP contribution in [0.4, 0.5) is 5.69 Å². The Balaban J connectivity index is 1.90. The van der Waals surface area contributed by atoms with Crippen molar-refractivity contribution in [2.75, 3.05) is 4.72 Å². The minimum Gasteiger partial charge on any atom is -0.386 e. The molecule has 164 valence electrons.